The summed E-state index contributed by atoms with van der Waals surface area (Å²) in [7, 11) is 1.68. The molecule has 1 aromatic carbocycles. The number of fused-ring (bicyclic) bond motifs is 1. The van der Waals surface area contributed by atoms with Crippen LogP contribution in [-0.2, 0) is 4.79 Å². The lowest BCUT2D eigenvalue weighted by atomic mass is 10.2. The molecular weight excluding hydrogens is 358 g/mol. The molecule has 8 nitrogen and oxygen atoms in total. The maximum Gasteiger partial charge on any atom is 0.227 e. The summed E-state index contributed by atoms with van der Waals surface area (Å²) in [6.07, 6.45) is 1.15. The van der Waals surface area contributed by atoms with E-state index in [1.165, 1.54) is 0 Å². The minimum atomic E-state index is -0.114. The lowest BCUT2D eigenvalue weighted by Gasteiger charge is -2.14. The molecular formula is C20H25N5O3. The number of nitrogens with zero attached hydrogens (tertiary/aromatic N) is 2. The van der Waals surface area contributed by atoms with Crippen molar-refractivity contribution < 1.29 is 14.3 Å². The van der Waals surface area contributed by atoms with Crippen molar-refractivity contribution in [3.8, 4) is 11.5 Å². The first-order valence-electron chi connectivity index (χ1n) is 9.25. The minimum Gasteiger partial charge on any atom is -0.490 e. The molecule has 1 aromatic heterocycles. The van der Waals surface area contributed by atoms with E-state index in [0.29, 0.717) is 37.3 Å². The van der Waals surface area contributed by atoms with Gasteiger partial charge in [-0.1, -0.05) is 6.07 Å². The van der Waals surface area contributed by atoms with Crippen LogP contribution in [0.4, 0.5) is 11.5 Å². The van der Waals surface area contributed by atoms with E-state index in [9.17, 15) is 4.79 Å². The summed E-state index contributed by atoms with van der Waals surface area (Å²) in [5, 5.41) is 9.10. The first kappa shape index (κ1) is 19.5. The molecule has 0 saturated heterocycles. The number of rotatable bonds is 5. The van der Waals surface area contributed by atoms with Gasteiger partial charge in [-0.3, -0.25) is 9.79 Å². The third-order valence-corrected chi connectivity index (χ3v) is 4.03. The smallest absolute Gasteiger partial charge is 0.227 e. The predicted molar refractivity (Wildman–Crippen MR) is 109 cm³/mol. The summed E-state index contributed by atoms with van der Waals surface area (Å²) in [4.78, 5) is 20.5. The van der Waals surface area contributed by atoms with Crippen molar-refractivity contribution >= 4 is 23.4 Å². The molecule has 0 aliphatic carbocycles. The zero-order chi connectivity index (χ0) is 19.8. The van der Waals surface area contributed by atoms with Gasteiger partial charge in [0.15, 0.2) is 17.5 Å². The Labute approximate surface area is 164 Å². The summed E-state index contributed by atoms with van der Waals surface area (Å²) in [6.45, 7) is 3.60. The van der Waals surface area contributed by atoms with E-state index in [2.05, 4.69) is 25.9 Å². The number of guanidine groups is 1. The third-order valence-electron chi connectivity index (χ3n) is 4.03. The average Bonchev–Trinajstić information content (AvgIpc) is 2.92. The highest BCUT2D eigenvalue weighted by Gasteiger charge is 2.11. The molecule has 0 bridgehead atoms. The normalized spacial score (nSPS) is 13.4. The van der Waals surface area contributed by atoms with Gasteiger partial charge in [-0.2, -0.15) is 0 Å². The van der Waals surface area contributed by atoms with Gasteiger partial charge in [0.1, 0.15) is 5.82 Å². The second-order valence-electron chi connectivity index (χ2n) is 6.30. The van der Waals surface area contributed by atoms with Crippen LogP contribution in [0.25, 0.3) is 0 Å². The van der Waals surface area contributed by atoms with Crippen LogP contribution in [0.5, 0.6) is 11.5 Å². The van der Waals surface area contributed by atoms with Crippen LogP contribution >= 0.6 is 0 Å². The van der Waals surface area contributed by atoms with Crippen LogP contribution in [0.15, 0.2) is 41.4 Å². The fourth-order valence-corrected chi connectivity index (χ4v) is 2.67. The molecule has 0 radical (unpaired) electrons. The molecule has 0 unspecified atom stereocenters. The molecule has 1 aliphatic rings. The summed E-state index contributed by atoms with van der Waals surface area (Å²) in [5.41, 5.74) is 1.68. The van der Waals surface area contributed by atoms with Gasteiger partial charge in [-0.15, -0.1) is 0 Å². The van der Waals surface area contributed by atoms with Gasteiger partial charge in [0.2, 0.25) is 5.91 Å². The molecule has 0 spiro atoms. The van der Waals surface area contributed by atoms with Gasteiger partial charge in [-0.05, 0) is 31.2 Å². The lowest BCUT2D eigenvalue weighted by Crippen LogP contribution is -2.33. The van der Waals surface area contributed by atoms with Crippen molar-refractivity contribution in [3.05, 3.63) is 42.1 Å². The quantitative estimate of drug-likeness (QED) is 0.542. The third kappa shape index (κ3) is 5.60. The molecule has 0 atom stereocenters. The summed E-state index contributed by atoms with van der Waals surface area (Å²) in [6, 6.07) is 11.2. The number of carbonyl (C=O) groups excluding carboxylic acids is 1. The Balaban J connectivity index is 1.48. The monoisotopic (exact) mass is 383 g/mol. The van der Waals surface area contributed by atoms with Crippen molar-refractivity contribution in [2.45, 2.75) is 19.8 Å². The number of hydrogen-bond acceptors (Lipinski definition) is 5. The molecule has 3 rings (SSSR count). The largest absolute Gasteiger partial charge is 0.490 e. The zero-order valence-corrected chi connectivity index (χ0v) is 16.1. The van der Waals surface area contributed by atoms with E-state index >= 15 is 0 Å². The highest BCUT2D eigenvalue weighted by Crippen LogP contribution is 2.32. The van der Waals surface area contributed by atoms with Crippen LogP contribution in [0, 0.1) is 6.92 Å². The number of nitrogens with one attached hydrogen (secondary N) is 3. The fourth-order valence-electron chi connectivity index (χ4n) is 2.67. The number of hydrogen-bond donors (Lipinski definition) is 3. The topological polar surface area (TPSA) is 96.9 Å². The van der Waals surface area contributed by atoms with E-state index in [4.69, 9.17) is 9.47 Å². The summed E-state index contributed by atoms with van der Waals surface area (Å²) >= 11 is 0. The SMILES string of the molecule is CN=C(NCCC(=O)Nc1cccc(C)n1)Nc1ccc2c(c1)OCCCO2. The molecule has 0 fully saturated rings. The molecule has 1 aliphatic heterocycles. The molecule has 28 heavy (non-hydrogen) atoms. The molecule has 8 heteroatoms. The second-order valence-corrected chi connectivity index (χ2v) is 6.30. The first-order chi connectivity index (χ1) is 13.6. The van der Waals surface area contributed by atoms with Gasteiger partial charge in [0.25, 0.3) is 0 Å². The fraction of sp³-hybridized carbons (Fsp3) is 0.350. The number of amides is 1. The van der Waals surface area contributed by atoms with Crippen molar-refractivity contribution in [2.24, 2.45) is 4.99 Å². The Bertz CT molecular complexity index is 853. The zero-order valence-electron chi connectivity index (χ0n) is 16.1. The maximum absolute atomic E-state index is 12.1. The number of pyridine rings is 1. The van der Waals surface area contributed by atoms with Gasteiger partial charge in [0.05, 0.1) is 13.2 Å². The maximum atomic E-state index is 12.1. The van der Waals surface area contributed by atoms with Crippen molar-refractivity contribution in [3.63, 3.8) is 0 Å². The van der Waals surface area contributed by atoms with E-state index in [1.807, 2.05) is 37.3 Å². The molecule has 148 valence electrons. The van der Waals surface area contributed by atoms with Gasteiger partial charge >= 0.3 is 0 Å². The number of ether oxygens (including phenoxy) is 2. The van der Waals surface area contributed by atoms with Crippen LogP contribution in [0.1, 0.15) is 18.5 Å². The Kier molecular flexibility index (Phi) is 6.67. The second kappa shape index (κ2) is 9.59. The molecule has 1 amide bonds. The first-order valence-corrected chi connectivity index (χ1v) is 9.25. The highest BCUT2D eigenvalue weighted by atomic mass is 16.5. The molecule has 3 N–H and O–H groups in total. The number of anilines is 2. The van der Waals surface area contributed by atoms with Crippen LogP contribution in [0.3, 0.4) is 0 Å². The van der Waals surface area contributed by atoms with Crippen molar-refractivity contribution in [2.75, 3.05) is 37.4 Å². The number of aliphatic imine (C=N–C) groups is 1. The van der Waals surface area contributed by atoms with Crippen LogP contribution < -0.4 is 25.4 Å². The minimum absolute atomic E-state index is 0.114. The highest BCUT2D eigenvalue weighted by molar-refractivity contribution is 5.94. The van der Waals surface area contributed by atoms with Gasteiger partial charge in [0, 0.05) is 43.9 Å². The summed E-state index contributed by atoms with van der Waals surface area (Å²) in [5.74, 6) is 2.46. The van der Waals surface area contributed by atoms with Gasteiger partial charge < -0.3 is 25.4 Å². The number of aromatic nitrogens is 1. The average molecular weight is 383 g/mol. The Morgan fingerprint density at radius 1 is 1.14 bits per heavy atom. The standard InChI is InChI=1S/C20H25N5O3/c1-14-5-3-6-18(23-14)25-19(26)9-10-22-20(21-2)24-15-7-8-16-17(13-15)28-12-4-11-27-16/h3,5-8,13H,4,9-12H2,1-2H3,(H2,21,22,24)(H,23,25,26). The van der Waals surface area contributed by atoms with Crippen LogP contribution in [0.2, 0.25) is 0 Å². The van der Waals surface area contributed by atoms with Crippen molar-refractivity contribution in [1.82, 2.24) is 10.3 Å². The van der Waals surface area contributed by atoms with Gasteiger partial charge in [-0.25, -0.2) is 4.98 Å². The van der Waals surface area contributed by atoms with E-state index in [1.54, 1.807) is 13.1 Å². The van der Waals surface area contributed by atoms with Crippen LogP contribution in [-0.4, -0.2) is 43.7 Å². The Morgan fingerprint density at radius 3 is 2.75 bits per heavy atom. The Morgan fingerprint density at radius 2 is 1.96 bits per heavy atom. The van der Waals surface area contributed by atoms with Crippen molar-refractivity contribution in [1.29, 1.82) is 0 Å². The lowest BCUT2D eigenvalue weighted by molar-refractivity contribution is -0.116. The van der Waals surface area contributed by atoms with E-state index in [-0.39, 0.29) is 12.3 Å². The summed E-state index contributed by atoms with van der Waals surface area (Å²) < 4.78 is 11.3. The molecule has 2 heterocycles. The molecule has 2 aromatic rings. The number of carbonyl (C=O) groups is 1. The number of aryl methyl sites for hydroxylation is 1. The predicted octanol–water partition coefficient (Wildman–Crippen LogP) is 2.57. The van der Waals surface area contributed by atoms with E-state index in [0.717, 1.165) is 23.6 Å². The number of benzene rings is 1. The van der Waals surface area contributed by atoms with E-state index < -0.39 is 0 Å². The Hall–Kier alpha value is -3.29. The molecule has 0 saturated carbocycles.